The van der Waals surface area contributed by atoms with Gasteiger partial charge in [0.25, 0.3) is 0 Å². The average Bonchev–Trinajstić information content (AvgIpc) is 2.60. The Labute approximate surface area is 176 Å². The normalized spacial score (nSPS) is 36.9. The van der Waals surface area contributed by atoms with Gasteiger partial charge in [0.15, 0.2) is 0 Å². The van der Waals surface area contributed by atoms with Crippen LogP contribution in [0.3, 0.4) is 0 Å². The van der Waals surface area contributed by atoms with Gasteiger partial charge < -0.3 is 10.2 Å². The molecule has 2 saturated carbocycles. The third-order valence-corrected chi connectivity index (χ3v) is 8.19. The maximum Gasteiger partial charge on any atom is 0.328 e. The molecule has 2 N–H and O–H groups in total. The van der Waals surface area contributed by atoms with Crippen molar-refractivity contribution in [3.05, 3.63) is 45.0 Å². The molecule has 0 spiro atoms. The predicted octanol–water partition coefficient (Wildman–Crippen LogP) is 5.30. The third-order valence-electron chi connectivity index (χ3n) is 7.47. The molecule has 0 amide bonds. The van der Waals surface area contributed by atoms with Gasteiger partial charge in [0.1, 0.15) is 0 Å². The maximum absolute atomic E-state index is 11.1. The van der Waals surface area contributed by atoms with E-state index in [1.165, 1.54) is 15.2 Å². The van der Waals surface area contributed by atoms with Crippen LogP contribution < -0.4 is 0 Å². The summed E-state index contributed by atoms with van der Waals surface area (Å²) in [6, 6.07) is 8.66. The van der Waals surface area contributed by atoms with E-state index in [0.717, 1.165) is 37.7 Å². The molecule has 0 heterocycles. The fraction of sp³-hybridized carbons (Fsp3) is 0.609. The van der Waals surface area contributed by atoms with Crippen LogP contribution in [0.5, 0.6) is 0 Å². The maximum atomic E-state index is 11.1. The zero-order valence-electron chi connectivity index (χ0n) is 16.5. The average molecular weight is 482 g/mol. The molecule has 0 aromatic heterocycles. The molecule has 1 aromatic carbocycles. The highest BCUT2D eigenvalue weighted by molar-refractivity contribution is 14.1. The van der Waals surface area contributed by atoms with Crippen molar-refractivity contribution in [3.63, 3.8) is 0 Å². The van der Waals surface area contributed by atoms with Gasteiger partial charge in [-0.3, -0.25) is 0 Å². The van der Waals surface area contributed by atoms with Crippen molar-refractivity contribution >= 4 is 28.6 Å². The number of aliphatic hydroxyl groups excluding tert-OH is 1. The second-order valence-electron chi connectivity index (χ2n) is 9.02. The summed E-state index contributed by atoms with van der Waals surface area (Å²) in [5.74, 6) is 0.730. The van der Waals surface area contributed by atoms with E-state index in [2.05, 4.69) is 60.7 Å². The van der Waals surface area contributed by atoms with Crippen LogP contribution in [0, 0.1) is 32.7 Å². The van der Waals surface area contributed by atoms with E-state index < -0.39 is 5.97 Å². The Balaban J connectivity index is 1.83. The molecular formula is C23H31IO3. The molecule has 3 nitrogen and oxygen atoms in total. The standard InChI is InChI=1S/C23H31IO3/c1-14(10-22(26)27)17-6-9-20-19(12-16-4-7-18(24)8-5-16)21(25)11-15(2)23(20,3)13-17/h4-5,7-8,10,15,17,19-21,25H,6,9,11-13H2,1-3H3,(H,26,27)/b14-10-/t15-,17-,19+,20-,21+,23+/m1/s1. The van der Waals surface area contributed by atoms with Gasteiger partial charge in [0, 0.05) is 9.65 Å². The first kappa shape index (κ1) is 20.8. The Hall–Kier alpha value is -0.880. The molecule has 0 bridgehead atoms. The van der Waals surface area contributed by atoms with E-state index in [9.17, 15) is 9.90 Å². The van der Waals surface area contributed by atoms with Crippen molar-refractivity contribution < 1.29 is 15.0 Å². The fourth-order valence-corrected chi connectivity index (χ4v) is 6.07. The van der Waals surface area contributed by atoms with Gasteiger partial charge in [-0.2, -0.15) is 0 Å². The van der Waals surface area contributed by atoms with Gasteiger partial charge in [-0.05, 0) is 108 Å². The number of rotatable bonds is 4. The van der Waals surface area contributed by atoms with Crippen LogP contribution in [-0.4, -0.2) is 22.3 Å². The van der Waals surface area contributed by atoms with Crippen LogP contribution in [-0.2, 0) is 11.2 Å². The first-order chi connectivity index (χ1) is 12.7. The fourth-order valence-electron chi connectivity index (χ4n) is 5.71. The van der Waals surface area contributed by atoms with Crippen LogP contribution in [0.4, 0.5) is 0 Å². The smallest absolute Gasteiger partial charge is 0.328 e. The Morgan fingerprint density at radius 3 is 2.59 bits per heavy atom. The summed E-state index contributed by atoms with van der Waals surface area (Å²) in [5.41, 5.74) is 2.46. The minimum absolute atomic E-state index is 0.156. The predicted molar refractivity (Wildman–Crippen MR) is 116 cm³/mol. The zero-order valence-corrected chi connectivity index (χ0v) is 18.6. The second kappa shape index (κ2) is 8.24. The molecule has 6 atom stereocenters. The number of carboxylic acid groups (broad SMARTS) is 1. The molecule has 3 rings (SSSR count). The van der Waals surface area contributed by atoms with Gasteiger partial charge in [0.05, 0.1) is 6.10 Å². The van der Waals surface area contributed by atoms with Gasteiger partial charge in [0.2, 0.25) is 0 Å². The molecule has 0 saturated heterocycles. The molecule has 27 heavy (non-hydrogen) atoms. The molecule has 2 aliphatic carbocycles. The van der Waals surface area contributed by atoms with E-state index in [-0.39, 0.29) is 17.4 Å². The second-order valence-corrected chi connectivity index (χ2v) is 10.3. The summed E-state index contributed by atoms with van der Waals surface area (Å²) in [6.45, 7) is 6.62. The van der Waals surface area contributed by atoms with Crippen LogP contribution in [0.15, 0.2) is 35.9 Å². The Morgan fingerprint density at radius 1 is 1.30 bits per heavy atom. The monoisotopic (exact) mass is 482 g/mol. The van der Waals surface area contributed by atoms with E-state index >= 15 is 0 Å². The van der Waals surface area contributed by atoms with Crippen LogP contribution >= 0.6 is 22.6 Å². The summed E-state index contributed by atoms with van der Waals surface area (Å²) in [5, 5.41) is 20.0. The van der Waals surface area contributed by atoms with Gasteiger partial charge in [-0.1, -0.05) is 31.6 Å². The molecule has 2 aliphatic rings. The van der Waals surface area contributed by atoms with Crippen molar-refractivity contribution in [2.45, 2.75) is 59.0 Å². The summed E-state index contributed by atoms with van der Waals surface area (Å²) < 4.78 is 1.24. The van der Waals surface area contributed by atoms with Crippen molar-refractivity contribution in [1.82, 2.24) is 0 Å². The van der Waals surface area contributed by atoms with Crippen LogP contribution in [0.2, 0.25) is 0 Å². The summed E-state index contributed by atoms with van der Waals surface area (Å²) in [6.07, 6.45) is 6.05. The number of allylic oxidation sites excluding steroid dienone is 1. The number of benzene rings is 1. The topological polar surface area (TPSA) is 57.5 Å². The third kappa shape index (κ3) is 4.42. The van der Waals surface area contributed by atoms with E-state index in [1.54, 1.807) is 0 Å². The number of hydrogen-bond acceptors (Lipinski definition) is 2. The first-order valence-corrected chi connectivity index (χ1v) is 11.1. The highest BCUT2D eigenvalue weighted by atomic mass is 127. The molecule has 4 heteroatoms. The van der Waals surface area contributed by atoms with Gasteiger partial charge in [-0.25, -0.2) is 4.79 Å². The number of hydrogen-bond donors (Lipinski definition) is 2. The Bertz CT molecular complexity index is 711. The molecule has 0 unspecified atom stereocenters. The molecule has 1 aromatic rings. The first-order valence-electron chi connectivity index (χ1n) is 10.0. The molecule has 2 fully saturated rings. The number of carbonyl (C=O) groups is 1. The van der Waals surface area contributed by atoms with E-state index in [4.69, 9.17) is 5.11 Å². The van der Waals surface area contributed by atoms with Gasteiger partial charge >= 0.3 is 5.97 Å². The zero-order chi connectivity index (χ0) is 19.8. The van der Waals surface area contributed by atoms with E-state index in [0.29, 0.717) is 17.8 Å². The number of carboxylic acids is 1. The van der Waals surface area contributed by atoms with Gasteiger partial charge in [-0.15, -0.1) is 0 Å². The minimum Gasteiger partial charge on any atom is -0.478 e. The van der Waals surface area contributed by atoms with Crippen molar-refractivity contribution in [3.8, 4) is 0 Å². The largest absolute Gasteiger partial charge is 0.478 e. The lowest BCUT2D eigenvalue weighted by Gasteiger charge is -2.56. The highest BCUT2D eigenvalue weighted by Crippen LogP contribution is 2.58. The number of aliphatic carboxylic acids is 1. The highest BCUT2D eigenvalue weighted by Gasteiger charge is 2.52. The Morgan fingerprint density at radius 2 is 1.96 bits per heavy atom. The van der Waals surface area contributed by atoms with Crippen molar-refractivity contribution in [2.75, 3.05) is 0 Å². The quantitative estimate of drug-likeness (QED) is 0.452. The molecule has 0 aliphatic heterocycles. The summed E-state index contributed by atoms with van der Waals surface area (Å²) in [4.78, 5) is 11.1. The molecule has 148 valence electrons. The van der Waals surface area contributed by atoms with Crippen molar-refractivity contribution in [1.29, 1.82) is 0 Å². The minimum atomic E-state index is -0.844. The number of aliphatic hydroxyl groups is 1. The van der Waals surface area contributed by atoms with E-state index in [1.807, 2.05) is 6.92 Å². The van der Waals surface area contributed by atoms with Crippen LogP contribution in [0.1, 0.15) is 52.0 Å². The number of halogens is 1. The lowest BCUT2D eigenvalue weighted by atomic mass is 9.49. The SMILES string of the molecule is C/C(=C/C(=O)O)[C@@H]1CC[C@@H]2[C@H](Cc3ccc(I)cc3)[C@@H](O)C[C@@H](C)[C@]2(C)C1. The summed E-state index contributed by atoms with van der Waals surface area (Å²) >= 11 is 2.33. The van der Waals surface area contributed by atoms with Crippen molar-refractivity contribution in [2.24, 2.45) is 29.1 Å². The lowest BCUT2D eigenvalue weighted by Crippen LogP contribution is -2.52. The molecular weight excluding hydrogens is 451 g/mol. The van der Waals surface area contributed by atoms with Crippen LogP contribution in [0.25, 0.3) is 0 Å². The Kier molecular flexibility index (Phi) is 6.36. The summed E-state index contributed by atoms with van der Waals surface area (Å²) in [7, 11) is 0. The molecule has 0 radical (unpaired) electrons. The lowest BCUT2D eigenvalue weighted by molar-refractivity contribution is -0.131. The number of fused-ring (bicyclic) bond motifs is 1.